The number of piperazine rings is 1. The van der Waals surface area contributed by atoms with Gasteiger partial charge in [0.15, 0.2) is 0 Å². The van der Waals surface area contributed by atoms with Gasteiger partial charge in [-0.3, -0.25) is 9.59 Å². The van der Waals surface area contributed by atoms with E-state index in [1.165, 1.54) is 0 Å². The standard InChI is InChI=1S/C19H18BrN3O2S/c20-14-3-4-16-13(10-14)11-17(21-16)19(25)23-7-5-22(6-8-23)18(24)12-15-2-1-9-26-15/h1-4,9-11,21H,5-8,12H2. The fourth-order valence-electron chi connectivity index (χ4n) is 3.22. The molecule has 1 N–H and O–H groups in total. The van der Waals surface area contributed by atoms with Crippen LogP contribution in [0.5, 0.6) is 0 Å². The Kier molecular flexibility index (Phi) is 4.82. The number of rotatable bonds is 3. The van der Waals surface area contributed by atoms with Crippen LogP contribution in [0.4, 0.5) is 0 Å². The number of benzene rings is 1. The van der Waals surface area contributed by atoms with Gasteiger partial charge in [0.2, 0.25) is 5.91 Å². The Labute approximate surface area is 163 Å². The summed E-state index contributed by atoms with van der Waals surface area (Å²) < 4.78 is 0.987. The van der Waals surface area contributed by atoms with Gasteiger partial charge in [-0.1, -0.05) is 22.0 Å². The predicted molar refractivity (Wildman–Crippen MR) is 107 cm³/mol. The number of nitrogens with zero attached hydrogens (tertiary/aromatic N) is 2. The lowest BCUT2D eigenvalue weighted by Crippen LogP contribution is -2.51. The molecule has 134 valence electrons. The second-order valence-corrected chi connectivity index (χ2v) is 8.29. The second kappa shape index (κ2) is 7.25. The Morgan fingerprint density at radius 3 is 2.58 bits per heavy atom. The number of fused-ring (bicyclic) bond motifs is 1. The summed E-state index contributed by atoms with van der Waals surface area (Å²) in [5.74, 6) is 0.123. The first-order valence-corrected chi connectivity index (χ1v) is 10.1. The molecule has 26 heavy (non-hydrogen) atoms. The van der Waals surface area contributed by atoms with E-state index in [9.17, 15) is 9.59 Å². The summed E-state index contributed by atoms with van der Waals surface area (Å²) in [5, 5.41) is 2.99. The highest BCUT2D eigenvalue weighted by Crippen LogP contribution is 2.21. The van der Waals surface area contributed by atoms with Gasteiger partial charge in [-0.2, -0.15) is 0 Å². The summed E-state index contributed by atoms with van der Waals surface area (Å²) in [6.07, 6.45) is 0.447. The van der Waals surface area contributed by atoms with E-state index in [0.29, 0.717) is 38.3 Å². The minimum Gasteiger partial charge on any atom is -0.351 e. The van der Waals surface area contributed by atoms with E-state index in [-0.39, 0.29) is 11.8 Å². The molecule has 0 bridgehead atoms. The first-order valence-electron chi connectivity index (χ1n) is 8.48. The van der Waals surface area contributed by atoms with Crippen molar-refractivity contribution in [1.82, 2.24) is 14.8 Å². The van der Waals surface area contributed by atoms with Gasteiger partial charge in [-0.05, 0) is 35.7 Å². The van der Waals surface area contributed by atoms with Crippen LogP contribution in [0.2, 0.25) is 0 Å². The zero-order chi connectivity index (χ0) is 18.1. The highest BCUT2D eigenvalue weighted by atomic mass is 79.9. The van der Waals surface area contributed by atoms with Gasteiger partial charge in [-0.25, -0.2) is 0 Å². The Morgan fingerprint density at radius 1 is 1.08 bits per heavy atom. The molecule has 1 saturated heterocycles. The maximum atomic E-state index is 12.8. The van der Waals surface area contributed by atoms with Crippen molar-refractivity contribution in [2.24, 2.45) is 0 Å². The Morgan fingerprint density at radius 2 is 1.85 bits per heavy atom. The van der Waals surface area contributed by atoms with E-state index in [0.717, 1.165) is 20.3 Å². The molecule has 7 heteroatoms. The van der Waals surface area contributed by atoms with Crippen molar-refractivity contribution < 1.29 is 9.59 Å². The molecule has 3 aromatic rings. The molecule has 2 aromatic heterocycles. The summed E-state index contributed by atoms with van der Waals surface area (Å²) in [7, 11) is 0. The van der Waals surface area contributed by atoms with Crippen molar-refractivity contribution in [2.45, 2.75) is 6.42 Å². The Bertz CT molecular complexity index is 943. The smallest absolute Gasteiger partial charge is 0.270 e. The predicted octanol–water partition coefficient (Wildman–Crippen LogP) is 3.52. The zero-order valence-corrected chi connectivity index (χ0v) is 16.5. The molecule has 5 nitrogen and oxygen atoms in total. The maximum absolute atomic E-state index is 12.8. The number of hydrogen-bond acceptors (Lipinski definition) is 3. The van der Waals surface area contributed by atoms with E-state index in [1.54, 1.807) is 11.3 Å². The lowest BCUT2D eigenvalue weighted by atomic mass is 10.2. The highest BCUT2D eigenvalue weighted by molar-refractivity contribution is 9.10. The van der Waals surface area contributed by atoms with Crippen LogP contribution in [0.15, 0.2) is 46.3 Å². The molecule has 0 unspecified atom stereocenters. The summed E-state index contributed by atoms with van der Waals surface area (Å²) in [4.78, 5) is 33.1. The molecule has 2 amide bonds. The number of nitrogens with one attached hydrogen (secondary N) is 1. The molecule has 0 radical (unpaired) electrons. The number of carbonyl (C=O) groups excluding carboxylic acids is 2. The summed E-state index contributed by atoms with van der Waals surface area (Å²) in [6.45, 7) is 2.30. The molecule has 1 aromatic carbocycles. The van der Waals surface area contributed by atoms with Crippen LogP contribution in [0.25, 0.3) is 10.9 Å². The van der Waals surface area contributed by atoms with Crippen molar-refractivity contribution in [1.29, 1.82) is 0 Å². The van der Waals surface area contributed by atoms with Crippen LogP contribution in [-0.4, -0.2) is 52.8 Å². The second-order valence-electron chi connectivity index (χ2n) is 6.34. The average molecular weight is 432 g/mol. The monoisotopic (exact) mass is 431 g/mol. The van der Waals surface area contributed by atoms with Crippen LogP contribution in [0.1, 0.15) is 15.4 Å². The third kappa shape index (κ3) is 3.54. The van der Waals surface area contributed by atoms with E-state index < -0.39 is 0 Å². The van der Waals surface area contributed by atoms with Crippen LogP contribution >= 0.6 is 27.3 Å². The summed E-state index contributed by atoms with van der Waals surface area (Å²) in [6, 6.07) is 11.7. The van der Waals surface area contributed by atoms with Crippen molar-refractivity contribution >= 4 is 50.0 Å². The Hall–Kier alpha value is -2.12. The van der Waals surface area contributed by atoms with Gasteiger partial charge in [-0.15, -0.1) is 11.3 Å². The minimum atomic E-state index is -0.0114. The van der Waals surface area contributed by atoms with E-state index in [2.05, 4.69) is 20.9 Å². The summed E-state index contributed by atoms with van der Waals surface area (Å²) in [5.41, 5.74) is 1.54. The fourth-order valence-corrected chi connectivity index (χ4v) is 4.30. The molecule has 0 aliphatic carbocycles. The molecule has 1 aliphatic rings. The fraction of sp³-hybridized carbons (Fsp3) is 0.263. The third-order valence-electron chi connectivity index (χ3n) is 4.64. The zero-order valence-electron chi connectivity index (χ0n) is 14.1. The molecule has 0 atom stereocenters. The first-order chi connectivity index (χ1) is 12.6. The number of amides is 2. The number of H-pyrrole nitrogens is 1. The van der Waals surface area contributed by atoms with Crippen LogP contribution in [-0.2, 0) is 11.2 Å². The molecule has 1 aliphatic heterocycles. The molecule has 3 heterocycles. The topological polar surface area (TPSA) is 56.4 Å². The van der Waals surface area contributed by atoms with E-state index in [1.807, 2.05) is 51.6 Å². The lowest BCUT2D eigenvalue weighted by molar-refractivity contribution is -0.131. The third-order valence-corrected chi connectivity index (χ3v) is 6.01. The van der Waals surface area contributed by atoms with Gasteiger partial charge in [0.25, 0.3) is 5.91 Å². The van der Waals surface area contributed by atoms with Crippen molar-refractivity contribution in [2.75, 3.05) is 26.2 Å². The SMILES string of the molecule is O=C(Cc1cccs1)N1CCN(C(=O)c2cc3cc(Br)ccc3[nH]2)CC1. The van der Waals surface area contributed by atoms with Crippen LogP contribution in [0, 0.1) is 0 Å². The number of thiophene rings is 1. The van der Waals surface area contributed by atoms with Crippen molar-refractivity contribution in [3.05, 3.63) is 56.8 Å². The van der Waals surface area contributed by atoms with Gasteiger partial charge in [0, 0.05) is 46.4 Å². The van der Waals surface area contributed by atoms with Crippen LogP contribution < -0.4 is 0 Å². The molecule has 0 saturated carbocycles. The van der Waals surface area contributed by atoms with Gasteiger partial charge in [0.05, 0.1) is 6.42 Å². The summed E-state index contributed by atoms with van der Waals surface area (Å²) >= 11 is 5.05. The molecule has 0 spiro atoms. The van der Waals surface area contributed by atoms with Gasteiger partial charge in [0.1, 0.15) is 5.69 Å². The van der Waals surface area contributed by atoms with Crippen LogP contribution in [0.3, 0.4) is 0 Å². The van der Waals surface area contributed by atoms with Crippen molar-refractivity contribution in [3.63, 3.8) is 0 Å². The normalized spacial score (nSPS) is 14.8. The van der Waals surface area contributed by atoms with E-state index in [4.69, 9.17) is 0 Å². The number of hydrogen-bond donors (Lipinski definition) is 1. The first kappa shape index (κ1) is 17.3. The van der Waals surface area contributed by atoms with Gasteiger partial charge >= 0.3 is 0 Å². The lowest BCUT2D eigenvalue weighted by Gasteiger charge is -2.34. The average Bonchev–Trinajstić information content (AvgIpc) is 3.30. The number of carbonyl (C=O) groups is 2. The molecular formula is C19H18BrN3O2S. The largest absolute Gasteiger partial charge is 0.351 e. The van der Waals surface area contributed by atoms with Crippen molar-refractivity contribution in [3.8, 4) is 0 Å². The van der Waals surface area contributed by atoms with E-state index >= 15 is 0 Å². The van der Waals surface area contributed by atoms with Gasteiger partial charge < -0.3 is 14.8 Å². The number of halogens is 1. The minimum absolute atomic E-state index is 0.0114. The molecule has 1 fully saturated rings. The highest BCUT2D eigenvalue weighted by Gasteiger charge is 2.25. The molecule has 4 rings (SSSR count). The quantitative estimate of drug-likeness (QED) is 0.689. The Balaban J connectivity index is 1.39. The number of aromatic amines is 1. The number of aromatic nitrogens is 1. The maximum Gasteiger partial charge on any atom is 0.270 e. The molecular weight excluding hydrogens is 414 g/mol.